The fourth-order valence-electron chi connectivity index (χ4n) is 4.02. The molecule has 1 unspecified atom stereocenters. The number of furan rings is 1. The van der Waals surface area contributed by atoms with Crippen LogP contribution in [0.1, 0.15) is 43.7 Å². The van der Waals surface area contributed by atoms with Crippen molar-refractivity contribution in [2.45, 2.75) is 39.2 Å². The molecule has 0 saturated carbocycles. The lowest BCUT2D eigenvalue weighted by molar-refractivity contribution is -0.144. The Balaban J connectivity index is 1.48. The van der Waals surface area contributed by atoms with Crippen molar-refractivity contribution in [3.05, 3.63) is 70.7 Å². The maximum atomic E-state index is 13.6. The molecule has 1 aliphatic rings. The Bertz CT molecular complexity index is 1120. The zero-order chi connectivity index (χ0) is 21.8. The van der Waals surface area contributed by atoms with Crippen LogP contribution in [0.15, 0.2) is 53.0 Å². The number of hydrogen-bond donors (Lipinski definition) is 0. The van der Waals surface area contributed by atoms with Gasteiger partial charge in [-0.3, -0.25) is 4.79 Å². The van der Waals surface area contributed by atoms with E-state index < -0.39 is 6.01 Å². The lowest BCUT2D eigenvalue weighted by Gasteiger charge is -2.22. The molecule has 0 amide bonds. The normalized spacial score (nSPS) is 16.2. The smallest absolute Gasteiger partial charge is 0.306 e. The number of para-hydroxylation sites is 1. The molecule has 0 spiro atoms. The lowest BCUT2D eigenvalue weighted by Crippen LogP contribution is -2.13. The predicted octanol–water partition coefficient (Wildman–Crippen LogP) is 6.94. The standard InChI is InChI=1S/C25H24ClFO4/c1-2-29-24(28)13-16-7-9-17(10-8-16)19-5-3-4-6-22(19)30-15-18-11-12-21(26)20-14-23(27)31-25(18)20/h3-6,9,11-12,14,16H,2,7-8,10,13,15H2,1H3. The van der Waals surface area contributed by atoms with Crippen LogP contribution in [0.5, 0.6) is 5.75 Å². The van der Waals surface area contributed by atoms with Gasteiger partial charge in [0.25, 0.3) is 6.01 Å². The van der Waals surface area contributed by atoms with Crippen molar-refractivity contribution < 1.29 is 23.1 Å². The molecule has 162 valence electrons. The Kier molecular flexibility index (Phi) is 6.62. The third kappa shape index (κ3) is 4.93. The molecule has 4 rings (SSSR count). The Hall–Kier alpha value is -2.79. The number of hydrogen-bond acceptors (Lipinski definition) is 4. The number of ether oxygens (including phenoxy) is 2. The highest BCUT2D eigenvalue weighted by Gasteiger charge is 2.21. The molecule has 1 atom stereocenters. The van der Waals surface area contributed by atoms with Crippen LogP contribution in [-0.2, 0) is 16.1 Å². The van der Waals surface area contributed by atoms with Crippen LogP contribution in [0, 0.1) is 11.9 Å². The van der Waals surface area contributed by atoms with E-state index in [4.69, 9.17) is 25.5 Å². The van der Waals surface area contributed by atoms with E-state index in [1.54, 1.807) is 12.1 Å². The van der Waals surface area contributed by atoms with Crippen molar-refractivity contribution in [1.29, 1.82) is 0 Å². The number of esters is 1. The first-order valence-electron chi connectivity index (χ1n) is 10.5. The van der Waals surface area contributed by atoms with Crippen molar-refractivity contribution in [3.63, 3.8) is 0 Å². The summed E-state index contributed by atoms with van der Waals surface area (Å²) in [4.78, 5) is 11.8. The zero-order valence-electron chi connectivity index (χ0n) is 17.3. The van der Waals surface area contributed by atoms with Gasteiger partial charge in [0.1, 0.15) is 17.9 Å². The van der Waals surface area contributed by atoms with Crippen LogP contribution in [0.3, 0.4) is 0 Å². The van der Waals surface area contributed by atoms with Gasteiger partial charge >= 0.3 is 5.97 Å². The van der Waals surface area contributed by atoms with E-state index in [1.807, 2.05) is 31.2 Å². The molecule has 0 fully saturated rings. The molecule has 0 N–H and O–H groups in total. The summed E-state index contributed by atoms with van der Waals surface area (Å²) in [5.74, 6) is 0.941. The fourth-order valence-corrected chi connectivity index (χ4v) is 4.22. The summed E-state index contributed by atoms with van der Waals surface area (Å²) in [5, 5.41) is 0.979. The number of benzene rings is 2. The summed E-state index contributed by atoms with van der Waals surface area (Å²) in [6.45, 7) is 2.48. The van der Waals surface area contributed by atoms with Crippen molar-refractivity contribution in [3.8, 4) is 5.75 Å². The van der Waals surface area contributed by atoms with Gasteiger partial charge in [-0.15, -0.1) is 0 Å². The number of fused-ring (bicyclic) bond motifs is 1. The fraction of sp³-hybridized carbons (Fsp3) is 0.320. The van der Waals surface area contributed by atoms with Crippen molar-refractivity contribution >= 4 is 34.1 Å². The summed E-state index contributed by atoms with van der Waals surface area (Å²) in [7, 11) is 0. The second-order valence-electron chi connectivity index (χ2n) is 7.66. The van der Waals surface area contributed by atoms with E-state index in [2.05, 4.69) is 6.08 Å². The first kappa shape index (κ1) is 21.4. The van der Waals surface area contributed by atoms with Gasteiger partial charge in [-0.05, 0) is 49.8 Å². The second-order valence-corrected chi connectivity index (χ2v) is 8.07. The molecule has 4 nitrogen and oxygen atoms in total. The van der Waals surface area contributed by atoms with Crippen LogP contribution in [-0.4, -0.2) is 12.6 Å². The third-order valence-electron chi connectivity index (χ3n) is 5.58. The molecule has 31 heavy (non-hydrogen) atoms. The molecule has 0 aliphatic heterocycles. The average Bonchev–Trinajstić information content (AvgIpc) is 3.17. The summed E-state index contributed by atoms with van der Waals surface area (Å²) in [6, 6.07) is 12.0. The summed E-state index contributed by atoms with van der Waals surface area (Å²) in [6.07, 6.45) is 5.30. The Morgan fingerprint density at radius 1 is 1.26 bits per heavy atom. The molecule has 2 aromatic carbocycles. The van der Waals surface area contributed by atoms with Gasteiger partial charge in [0.05, 0.1) is 11.6 Å². The molecule has 1 aliphatic carbocycles. The molecular weight excluding hydrogens is 419 g/mol. The average molecular weight is 443 g/mol. The van der Waals surface area contributed by atoms with Crippen LogP contribution >= 0.6 is 11.6 Å². The Labute approximate surface area is 185 Å². The minimum atomic E-state index is -0.672. The molecule has 0 bridgehead atoms. The Morgan fingerprint density at radius 3 is 2.87 bits per heavy atom. The van der Waals surface area contributed by atoms with Crippen LogP contribution < -0.4 is 4.74 Å². The summed E-state index contributed by atoms with van der Waals surface area (Å²) < 4.78 is 30.0. The van der Waals surface area contributed by atoms with E-state index in [-0.39, 0.29) is 12.6 Å². The topological polar surface area (TPSA) is 48.7 Å². The lowest BCUT2D eigenvalue weighted by atomic mass is 9.84. The first-order chi connectivity index (χ1) is 15.0. The highest BCUT2D eigenvalue weighted by molar-refractivity contribution is 6.35. The van der Waals surface area contributed by atoms with Gasteiger partial charge in [0.2, 0.25) is 0 Å². The monoisotopic (exact) mass is 442 g/mol. The molecule has 1 heterocycles. The molecule has 6 heteroatoms. The van der Waals surface area contributed by atoms with Gasteiger partial charge in [0, 0.05) is 29.0 Å². The number of rotatable bonds is 7. The summed E-state index contributed by atoms with van der Waals surface area (Å²) >= 11 is 6.14. The van der Waals surface area contributed by atoms with Gasteiger partial charge in [-0.25, -0.2) is 0 Å². The van der Waals surface area contributed by atoms with Crippen molar-refractivity contribution in [2.24, 2.45) is 5.92 Å². The van der Waals surface area contributed by atoms with E-state index in [0.29, 0.717) is 34.9 Å². The SMILES string of the molecule is CCOC(=O)CC1CC=C(c2ccccc2OCc2ccc(Cl)c3cc(F)oc23)CC1. The molecule has 3 aromatic rings. The van der Waals surface area contributed by atoms with E-state index in [0.717, 1.165) is 36.1 Å². The maximum absolute atomic E-state index is 13.6. The molecule has 1 aromatic heterocycles. The van der Waals surface area contributed by atoms with Crippen LogP contribution in [0.2, 0.25) is 5.02 Å². The van der Waals surface area contributed by atoms with Crippen molar-refractivity contribution in [2.75, 3.05) is 6.61 Å². The molecule has 0 radical (unpaired) electrons. The van der Waals surface area contributed by atoms with E-state index >= 15 is 0 Å². The van der Waals surface area contributed by atoms with E-state index in [9.17, 15) is 9.18 Å². The first-order valence-corrected chi connectivity index (χ1v) is 10.9. The second kappa shape index (κ2) is 9.56. The minimum absolute atomic E-state index is 0.128. The number of carbonyl (C=O) groups is 1. The minimum Gasteiger partial charge on any atom is -0.488 e. The maximum Gasteiger partial charge on any atom is 0.306 e. The molecule has 0 saturated heterocycles. The number of halogens is 2. The number of carbonyl (C=O) groups excluding carboxylic acids is 1. The van der Waals surface area contributed by atoms with Crippen molar-refractivity contribution in [1.82, 2.24) is 0 Å². The van der Waals surface area contributed by atoms with Crippen LogP contribution in [0.4, 0.5) is 4.39 Å². The van der Waals surface area contributed by atoms with Gasteiger partial charge in [0.15, 0.2) is 0 Å². The highest BCUT2D eigenvalue weighted by atomic mass is 35.5. The third-order valence-corrected chi connectivity index (χ3v) is 5.91. The zero-order valence-corrected chi connectivity index (χ0v) is 18.1. The van der Waals surface area contributed by atoms with E-state index in [1.165, 1.54) is 11.6 Å². The molecular formula is C25H24ClFO4. The Morgan fingerprint density at radius 2 is 2.10 bits per heavy atom. The summed E-state index contributed by atoms with van der Waals surface area (Å²) in [5.41, 5.74) is 3.38. The van der Waals surface area contributed by atoms with Crippen LogP contribution in [0.25, 0.3) is 16.5 Å². The van der Waals surface area contributed by atoms with Gasteiger partial charge in [-0.1, -0.05) is 41.9 Å². The largest absolute Gasteiger partial charge is 0.488 e. The van der Waals surface area contributed by atoms with Gasteiger partial charge < -0.3 is 13.9 Å². The number of allylic oxidation sites excluding steroid dienone is 2. The van der Waals surface area contributed by atoms with Gasteiger partial charge in [-0.2, -0.15) is 4.39 Å². The predicted molar refractivity (Wildman–Crippen MR) is 119 cm³/mol. The highest BCUT2D eigenvalue weighted by Crippen LogP contribution is 2.37. The quantitative estimate of drug-likeness (QED) is 0.372.